The highest BCUT2D eigenvalue weighted by Gasteiger charge is 2.46. The van der Waals surface area contributed by atoms with Gasteiger partial charge in [-0.1, -0.05) is 65.2 Å². The molecule has 2 amide bonds. The predicted molar refractivity (Wildman–Crippen MR) is 143 cm³/mol. The second-order valence-electron chi connectivity index (χ2n) is 8.67. The molecule has 0 radical (unpaired) electrons. The Balaban J connectivity index is 1.66. The Morgan fingerprint density at radius 1 is 0.973 bits per heavy atom. The zero-order valence-electron chi connectivity index (χ0n) is 20.0. The molecule has 0 spiro atoms. The number of halogens is 2. The maximum absolute atomic E-state index is 13.6. The van der Waals surface area contributed by atoms with Gasteiger partial charge in [0.2, 0.25) is 10.0 Å². The highest BCUT2D eigenvalue weighted by atomic mass is 35.5. The van der Waals surface area contributed by atoms with Gasteiger partial charge in [-0.05, 0) is 48.4 Å². The lowest BCUT2D eigenvalue weighted by atomic mass is 10.1. The fraction of sp³-hybridized carbons (Fsp3) is 0.231. The van der Waals surface area contributed by atoms with Gasteiger partial charge in [0.05, 0.1) is 14.9 Å². The number of carbonyl (C=O) groups is 2. The minimum absolute atomic E-state index is 0.0357. The quantitative estimate of drug-likeness (QED) is 0.458. The fourth-order valence-corrected chi connectivity index (χ4v) is 6.06. The van der Waals surface area contributed by atoms with Gasteiger partial charge in [-0.3, -0.25) is 9.59 Å². The van der Waals surface area contributed by atoms with Crippen LogP contribution in [0, 0.1) is 6.92 Å². The van der Waals surface area contributed by atoms with Crippen molar-refractivity contribution in [3.63, 3.8) is 0 Å². The molecule has 0 aromatic heterocycles. The minimum atomic E-state index is -4.20. The summed E-state index contributed by atoms with van der Waals surface area (Å²) in [6.45, 7) is 2.34. The predicted octanol–water partition coefficient (Wildman–Crippen LogP) is 3.55. The highest BCUT2D eigenvalue weighted by Crippen LogP contribution is 2.30. The number of rotatable bonds is 7. The normalized spacial score (nSPS) is 16.1. The number of nitrogens with one attached hydrogen (secondary N) is 1. The van der Waals surface area contributed by atoms with Crippen LogP contribution >= 0.6 is 23.2 Å². The summed E-state index contributed by atoms with van der Waals surface area (Å²) in [5, 5.41) is 3.05. The number of nitrogens with two attached hydrogens (primary N) is 1. The summed E-state index contributed by atoms with van der Waals surface area (Å²) in [5.41, 5.74) is 8.72. The van der Waals surface area contributed by atoms with E-state index >= 15 is 0 Å². The van der Waals surface area contributed by atoms with Crippen LogP contribution in [0.15, 0.2) is 71.6 Å². The van der Waals surface area contributed by atoms with Crippen molar-refractivity contribution in [2.24, 2.45) is 5.73 Å². The number of benzene rings is 3. The average Bonchev–Trinajstić information content (AvgIpc) is 3.35. The summed E-state index contributed by atoms with van der Waals surface area (Å²) < 4.78 is 28.2. The van der Waals surface area contributed by atoms with Crippen LogP contribution in [0.5, 0.6) is 0 Å². The van der Waals surface area contributed by atoms with Crippen molar-refractivity contribution in [1.82, 2.24) is 14.5 Å². The summed E-state index contributed by atoms with van der Waals surface area (Å²) in [7, 11) is -4.20. The Kier molecular flexibility index (Phi) is 8.20. The Labute approximate surface area is 226 Å². The number of amides is 2. The molecule has 0 aliphatic carbocycles. The van der Waals surface area contributed by atoms with Gasteiger partial charge in [0, 0.05) is 31.7 Å². The topological polar surface area (TPSA) is 113 Å². The van der Waals surface area contributed by atoms with E-state index in [4.69, 9.17) is 28.9 Å². The largest absolute Gasteiger partial charge is 0.349 e. The van der Waals surface area contributed by atoms with Crippen LogP contribution in [0.4, 0.5) is 0 Å². The number of hydrogen-bond donors (Lipinski definition) is 2. The number of hydrogen-bond acceptors (Lipinski definition) is 5. The molecule has 1 saturated heterocycles. The van der Waals surface area contributed by atoms with Crippen LogP contribution in [-0.2, 0) is 27.9 Å². The Bertz CT molecular complexity index is 1430. The van der Waals surface area contributed by atoms with Gasteiger partial charge in [0.25, 0.3) is 11.8 Å². The first kappa shape index (κ1) is 27.1. The summed E-state index contributed by atoms with van der Waals surface area (Å²) in [6, 6.07) is 18.2. The molecule has 4 rings (SSSR count). The van der Waals surface area contributed by atoms with Crippen molar-refractivity contribution < 1.29 is 18.0 Å². The van der Waals surface area contributed by atoms with Crippen LogP contribution in [0.1, 0.15) is 27.0 Å². The van der Waals surface area contributed by atoms with E-state index in [1.54, 1.807) is 24.3 Å². The third-order valence-electron chi connectivity index (χ3n) is 6.11. The maximum atomic E-state index is 13.6. The molecule has 3 N–H and O–H groups in total. The first-order valence-electron chi connectivity index (χ1n) is 11.5. The SMILES string of the molecule is Cc1ccc(C(=O)N2CCN(S(=O)(=O)c3ccc(Cl)c(Cl)c3)C2C(=O)NCc2cccc(CN)c2)cc1. The van der Waals surface area contributed by atoms with E-state index in [1.807, 2.05) is 31.2 Å². The van der Waals surface area contributed by atoms with Crippen LogP contribution in [0.25, 0.3) is 0 Å². The van der Waals surface area contributed by atoms with Crippen molar-refractivity contribution in [3.05, 3.63) is 99.0 Å². The van der Waals surface area contributed by atoms with Crippen molar-refractivity contribution in [3.8, 4) is 0 Å². The molecule has 37 heavy (non-hydrogen) atoms. The van der Waals surface area contributed by atoms with E-state index < -0.39 is 28.0 Å². The first-order chi connectivity index (χ1) is 17.6. The molecular formula is C26H26Cl2N4O4S. The van der Waals surface area contributed by atoms with Crippen molar-refractivity contribution in [2.75, 3.05) is 13.1 Å². The van der Waals surface area contributed by atoms with E-state index in [-0.39, 0.29) is 34.6 Å². The molecule has 1 unspecified atom stereocenters. The smallest absolute Gasteiger partial charge is 0.259 e. The van der Waals surface area contributed by atoms with Crippen molar-refractivity contribution >= 4 is 45.0 Å². The van der Waals surface area contributed by atoms with Gasteiger partial charge in [0.1, 0.15) is 0 Å². The molecule has 0 saturated carbocycles. The summed E-state index contributed by atoms with van der Waals surface area (Å²) in [4.78, 5) is 28.1. The van der Waals surface area contributed by atoms with Crippen LogP contribution < -0.4 is 11.1 Å². The van der Waals surface area contributed by atoms with E-state index in [2.05, 4.69) is 5.32 Å². The highest BCUT2D eigenvalue weighted by molar-refractivity contribution is 7.89. The number of nitrogens with zero attached hydrogens (tertiary/aromatic N) is 2. The second-order valence-corrected chi connectivity index (χ2v) is 11.4. The molecule has 11 heteroatoms. The lowest BCUT2D eigenvalue weighted by Gasteiger charge is -2.29. The fourth-order valence-electron chi connectivity index (χ4n) is 4.12. The molecule has 1 aliphatic rings. The van der Waals surface area contributed by atoms with Gasteiger partial charge in [-0.2, -0.15) is 4.31 Å². The van der Waals surface area contributed by atoms with Crippen LogP contribution in [-0.4, -0.2) is 48.7 Å². The standard InChI is InChI=1S/C26H26Cl2N4O4S/c1-17-5-7-20(8-6-17)26(34)31-11-12-32(37(35,36)21-9-10-22(27)23(28)14-21)25(31)24(33)30-16-19-4-2-3-18(13-19)15-29/h2-10,13-14,25H,11-12,15-16,29H2,1H3,(H,30,33). The monoisotopic (exact) mass is 560 g/mol. The molecule has 8 nitrogen and oxygen atoms in total. The second kappa shape index (κ2) is 11.2. The molecule has 194 valence electrons. The van der Waals surface area contributed by atoms with Gasteiger partial charge < -0.3 is 16.0 Å². The number of carbonyl (C=O) groups excluding carboxylic acids is 2. The van der Waals surface area contributed by atoms with Gasteiger partial charge in [0.15, 0.2) is 6.17 Å². The molecular weight excluding hydrogens is 535 g/mol. The zero-order valence-corrected chi connectivity index (χ0v) is 22.4. The molecule has 1 fully saturated rings. The average molecular weight is 561 g/mol. The van der Waals surface area contributed by atoms with Crippen LogP contribution in [0.2, 0.25) is 10.0 Å². The van der Waals surface area contributed by atoms with Crippen molar-refractivity contribution in [1.29, 1.82) is 0 Å². The van der Waals surface area contributed by atoms with Crippen LogP contribution in [0.3, 0.4) is 0 Å². The lowest BCUT2D eigenvalue weighted by molar-refractivity contribution is -0.127. The van der Waals surface area contributed by atoms with E-state index in [9.17, 15) is 18.0 Å². The summed E-state index contributed by atoms with van der Waals surface area (Å²) in [6.07, 6.45) is -1.40. The van der Waals surface area contributed by atoms with E-state index in [1.165, 1.54) is 23.1 Å². The molecule has 3 aromatic rings. The van der Waals surface area contributed by atoms with E-state index in [0.29, 0.717) is 12.1 Å². The molecule has 0 bridgehead atoms. The third-order valence-corrected chi connectivity index (χ3v) is 8.70. The molecule has 1 heterocycles. The summed E-state index contributed by atoms with van der Waals surface area (Å²) in [5.74, 6) is -1.07. The lowest BCUT2D eigenvalue weighted by Crippen LogP contribution is -2.53. The molecule has 3 aromatic carbocycles. The summed E-state index contributed by atoms with van der Waals surface area (Å²) >= 11 is 12.0. The Hall–Kier alpha value is -2.95. The minimum Gasteiger partial charge on any atom is -0.349 e. The number of aryl methyl sites for hydroxylation is 1. The Morgan fingerprint density at radius 3 is 2.35 bits per heavy atom. The van der Waals surface area contributed by atoms with Crippen molar-refractivity contribution in [2.45, 2.75) is 31.1 Å². The Morgan fingerprint density at radius 2 is 1.68 bits per heavy atom. The van der Waals surface area contributed by atoms with E-state index in [0.717, 1.165) is 21.0 Å². The molecule has 1 aliphatic heterocycles. The van der Waals surface area contributed by atoms with Gasteiger partial charge in [-0.25, -0.2) is 8.42 Å². The number of sulfonamides is 1. The molecule has 1 atom stereocenters. The van der Waals surface area contributed by atoms with Gasteiger partial charge in [-0.15, -0.1) is 0 Å². The van der Waals surface area contributed by atoms with Gasteiger partial charge >= 0.3 is 0 Å². The third kappa shape index (κ3) is 5.81. The first-order valence-corrected chi connectivity index (χ1v) is 13.7. The zero-order chi connectivity index (χ0) is 26.7. The maximum Gasteiger partial charge on any atom is 0.259 e.